The molecule has 5 nitrogen and oxygen atoms in total. The zero-order valence-electron chi connectivity index (χ0n) is 16.1. The Balaban J connectivity index is 1.68. The van der Waals surface area contributed by atoms with Crippen molar-refractivity contribution in [1.82, 2.24) is 9.80 Å². The molecule has 1 atom stereocenters. The molecule has 0 bridgehead atoms. The highest BCUT2D eigenvalue weighted by Gasteiger charge is 2.54. The van der Waals surface area contributed by atoms with Crippen molar-refractivity contribution in [1.29, 1.82) is 0 Å². The summed E-state index contributed by atoms with van der Waals surface area (Å²) in [5.74, 6) is 0.397. The van der Waals surface area contributed by atoms with Gasteiger partial charge in [-0.1, -0.05) is 30.1 Å². The maximum atomic E-state index is 13.6. The molecule has 4 rings (SSSR count). The topological polar surface area (TPSA) is 49.9 Å². The molecule has 1 spiro atoms. The predicted molar refractivity (Wildman–Crippen MR) is 109 cm³/mol. The van der Waals surface area contributed by atoms with Crippen LogP contribution >= 0.6 is 23.2 Å². The quantitative estimate of drug-likeness (QED) is 0.708. The monoisotopic (exact) mass is 424 g/mol. The summed E-state index contributed by atoms with van der Waals surface area (Å²) in [6, 6.07) is 4.31. The summed E-state index contributed by atoms with van der Waals surface area (Å²) in [5.41, 5.74) is -0.257. The van der Waals surface area contributed by atoms with E-state index in [4.69, 9.17) is 27.9 Å². The largest absolute Gasteiger partial charge is 0.353 e. The molecule has 2 amide bonds. The van der Waals surface area contributed by atoms with Gasteiger partial charge in [-0.2, -0.15) is 0 Å². The second-order valence-corrected chi connectivity index (χ2v) is 9.11. The first-order valence-electron chi connectivity index (χ1n) is 10.1. The van der Waals surface area contributed by atoms with Gasteiger partial charge in [0.05, 0.1) is 16.7 Å². The first-order chi connectivity index (χ1) is 13.4. The van der Waals surface area contributed by atoms with Crippen molar-refractivity contribution >= 4 is 35.0 Å². The second kappa shape index (κ2) is 7.85. The summed E-state index contributed by atoms with van der Waals surface area (Å²) >= 11 is 12.2. The van der Waals surface area contributed by atoms with Crippen molar-refractivity contribution in [3.05, 3.63) is 33.8 Å². The van der Waals surface area contributed by atoms with E-state index in [1.807, 2.05) is 4.90 Å². The van der Waals surface area contributed by atoms with Crippen LogP contribution in [0.5, 0.6) is 0 Å². The molecule has 1 saturated carbocycles. The van der Waals surface area contributed by atoms with Gasteiger partial charge >= 0.3 is 0 Å². The predicted octanol–water partition coefficient (Wildman–Crippen LogP) is 4.36. The Bertz CT molecular complexity index is 771. The Hall–Kier alpha value is -1.30. The van der Waals surface area contributed by atoms with Gasteiger partial charge in [-0.3, -0.25) is 14.5 Å². The fourth-order valence-electron chi connectivity index (χ4n) is 4.69. The summed E-state index contributed by atoms with van der Waals surface area (Å²) in [7, 11) is 0. The van der Waals surface area contributed by atoms with Crippen LogP contribution in [0.3, 0.4) is 0 Å². The van der Waals surface area contributed by atoms with Crippen molar-refractivity contribution < 1.29 is 14.3 Å². The summed E-state index contributed by atoms with van der Waals surface area (Å²) in [6.45, 7) is 4.00. The van der Waals surface area contributed by atoms with Gasteiger partial charge in [-0.15, -0.1) is 0 Å². The van der Waals surface area contributed by atoms with Crippen LogP contribution in [0, 0.1) is 5.92 Å². The number of benzene rings is 1. The molecule has 2 aliphatic heterocycles. The van der Waals surface area contributed by atoms with Crippen molar-refractivity contribution in [3.63, 3.8) is 0 Å². The number of amides is 2. The van der Waals surface area contributed by atoms with E-state index in [-0.39, 0.29) is 18.4 Å². The third kappa shape index (κ3) is 3.53. The van der Waals surface area contributed by atoms with E-state index < -0.39 is 11.8 Å². The summed E-state index contributed by atoms with van der Waals surface area (Å²) in [5, 5.41) is 0.739. The van der Waals surface area contributed by atoms with Gasteiger partial charge in [0.15, 0.2) is 0 Å². The lowest BCUT2D eigenvalue weighted by Gasteiger charge is -2.43. The molecule has 0 aromatic heterocycles. The maximum Gasteiger partial charge on any atom is 0.256 e. The zero-order chi connectivity index (χ0) is 19.9. The number of hydrogen-bond acceptors (Lipinski definition) is 3. The molecule has 0 radical (unpaired) electrons. The van der Waals surface area contributed by atoms with Gasteiger partial charge in [0.2, 0.25) is 5.91 Å². The Morgan fingerprint density at radius 2 is 1.79 bits per heavy atom. The summed E-state index contributed by atoms with van der Waals surface area (Å²) in [4.78, 5) is 30.4. The van der Waals surface area contributed by atoms with Crippen molar-refractivity contribution in [3.8, 4) is 0 Å². The van der Waals surface area contributed by atoms with Crippen molar-refractivity contribution in [2.75, 3.05) is 19.7 Å². The first-order valence-corrected chi connectivity index (χ1v) is 10.9. The van der Waals surface area contributed by atoms with Crippen LogP contribution < -0.4 is 0 Å². The Morgan fingerprint density at radius 3 is 2.43 bits per heavy atom. The minimum atomic E-state index is -0.699. The average molecular weight is 425 g/mol. The molecule has 3 aliphatic rings. The lowest BCUT2D eigenvalue weighted by Crippen LogP contribution is -2.57. The Kier molecular flexibility index (Phi) is 5.60. The van der Waals surface area contributed by atoms with Gasteiger partial charge in [0.1, 0.15) is 11.8 Å². The van der Waals surface area contributed by atoms with E-state index in [2.05, 4.69) is 6.92 Å². The average Bonchev–Trinajstić information content (AvgIpc) is 3.34. The Morgan fingerprint density at radius 1 is 1.11 bits per heavy atom. The minimum Gasteiger partial charge on any atom is -0.353 e. The van der Waals surface area contributed by atoms with E-state index in [0.29, 0.717) is 21.5 Å². The van der Waals surface area contributed by atoms with Crippen LogP contribution in [0.25, 0.3) is 0 Å². The highest BCUT2D eigenvalue weighted by Crippen LogP contribution is 2.43. The van der Waals surface area contributed by atoms with Crippen LogP contribution in [0.15, 0.2) is 18.2 Å². The fourth-order valence-corrected chi connectivity index (χ4v) is 4.98. The van der Waals surface area contributed by atoms with E-state index in [9.17, 15) is 9.59 Å². The lowest BCUT2D eigenvalue weighted by molar-refractivity contribution is -0.136. The number of halogens is 2. The van der Waals surface area contributed by atoms with Gasteiger partial charge in [0.25, 0.3) is 5.91 Å². The highest BCUT2D eigenvalue weighted by molar-refractivity contribution is 6.42. The number of likely N-dealkylation sites (tertiary alicyclic amines) is 1. The first kappa shape index (κ1) is 20.0. The molecule has 1 aromatic rings. The SMILES string of the molecule is CC1CCC2(CC1)OC[C@@H](C(=O)N1CCCC1)N2C(=O)c1ccc(Cl)c(Cl)c1. The number of ether oxygens (including phenoxy) is 1. The van der Waals surface area contributed by atoms with Gasteiger partial charge < -0.3 is 9.64 Å². The lowest BCUT2D eigenvalue weighted by atomic mass is 9.83. The fraction of sp³-hybridized carbons (Fsp3) is 0.619. The van der Waals surface area contributed by atoms with E-state index in [1.165, 1.54) is 0 Å². The zero-order valence-corrected chi connectivity index (χ0v) is 17.6. The van der Waals surface area contributed by atoms with Crippen LogP contribution in [0.1, 0.15) is 55.8 Å². The molecule has 7 heteroatoms. The van der Waals surface area contributed by atoms with Crippen LogP contribution in [-0.2, 0) is 9.53 Å². The normalized spacial score (nSPS) is 30.2. The van der Waals surface area contributed by atoms with Crippen molar-refractivity contribution in [2.45, 2.75) is 57.2 Å². The number of carbonyl (C=O) groups excluding carboxylic acids is 2. The molecule has 1 aromatic carbocycles. The standard InChI is InChI=1S/C21H26Cl2N2O3/c1-14-6-8-21(9-7-14)25(19(26)15-4-5-16(22)17(23)12-15)18(13-28-21)20(27)24-10-2-3-11-24/h4-5,12,14,18H,2-3,6-11,13H2,1H3/t14?,18-,21?/m0/s1. The van der Waals surface area contributed by atoms with Crippen LogP contribution in [-0.4, -0.2) is 53.1 Å². The highest BCUT2D eigenvalue weighted by atomic mass is 35.5. The molecule has 1 aliphatic carbocycles. The third-order valence-corrected chi connectivity index (χ3v) is 7.14. The molecule has 0 unspecified atom stereocenters. The van der Waals surface area contributed by atoms with Gasteiger partial charge in [-0.05, 0) is 62.6 Å². The van der Waals surface area contributed by atoms with Gasteiger partial charge in [0, 0.05) is 18.7 Å². The smallest absolute Gasteiger partial charge is 0.256 e. The summed E-state index contributed by atoms with van der Waals surface area (Å²) in [6.07, 6.45) is 5.51. The molecule has 152 valence electrons. The van der Waals surface area contributed by atoms with E-state index in [1.54, 1.807) is 23.1 Å². The molecule has 2 heterocycles. The molecular formula is C21H26Cl2N2O3. The van der Waals surface area contributed by atoms with Gasteiger partial charge in [-0.25, -0.2) is 0 Å². The number of nitrogens with zero attached hydrogens (tertiary/aromatic N) is 2. The van der Waals surface area contributed by atoms with Crippen LogP contribution in [0.4, 0.5) is 0 Å². The Labute approximate surface area is 175 Å². The van der Waals surface area contributed by atoms with Crippen LogP contribution in [0.2, 0.25) is 10.0 Å². The molecule has 3 fully saturated rings. The van der Waals surface area contributed by atoms with Crippen molar-refractivity contribution in [2.24, 2.45) is 5.92 Å². The number of hydrogen-bond donors (Lipinski definition) is 0. The molecule has 2 saturated heterocycles. The molecule has 0 N–H and O–H groups in total. The van der Waals surface area contributed by atoms with E-state index in [0.717, 1.165) is 51.6 Å². The number of carbonyl (C=O) groups is 2. The second-order valence-electron chi connectivity index (χ2n) is 8.29. The molecular weight excluding hydrogens is 399 g/mol. The third-order valence-electron chi connectivity index (χ3n) is 6.40. The number of rotatable bonds is 2. The summed E-state index contributed by atoms with van der Waals surface area (Å²) < 4.78 is 6.23. The maximum absolute atomic E-state index is 13.6. The molecule has 28 heavy (non-hydrogen) atoms. The minimum absolute atomic E-state index is 0.00130. The van der Waals surface area contributed by atoms with E-state index >= 15 is 0 Å².